The van der Waals surface area contributed by atoms with E-state index < -0.39 is 11.1 Å². The molecule has 3 aliphatic heterocycles. The van der Waals surface area contributed by atoms with E-state index in [0.717, 1.165) is 22.7 Å². The number of hydrogen-bond donors (Lipinski definition) is 2. The first-order valence-corrected chi connectivity index (χ1v) is 14.6. The van der Waals surface area contributed by atoms with Crippen LogP contribution in [0.2, 0.25) is 0 Å². The number of terminal acetylenes is 1. The number of piperidine rings is 1. The lowest BCUT2D eigenvalue weighted by molar-refractivity contribution is -0.135. The number of aromatic nitrogens is 1. The van der Waals surface area contributed by atoms with Crippen LogP contribution in [0.5, 0.6) is 0 Å². The summed E-state index contributed by atoms with van der Waals surface area (Å²) in [5, 5.41) is 9.69. The molecule has 41 heavy (non-hydrogen) atoms. The van der Waals surface area contributed by atoms with Crippen molar-refractivity contribution in [3.63, 3.8) is 0 Å². The Hall–Kier alpha value is -3.88. The molecule has 6 rings (SSSR count). The van der Waals surface area contributed by atoms with Crippen LogP contribution in [0.25, 0.3) is 0 Å². The maximum Gasteiger partial charge on any atom is 0.243 e. The number of allylic oxidation sites excluding steroid dienone is 4. The topological polar surface area (TPSA) is 89.9 Å². The number of alkyl halides is 1. The van der Waals surface area contributed by atoms with Gasteiger partial charge in [-0.2, -0.15) is 5.10 Å². The summed E-state index contributed by atoms with van der Waals surface area (Å²) in [6.07, 6.45) is 12.6. The number of halogens is 2. The Morgan fingerprint density at radius 1 is 1.17 bits per heavy atom. The maximum absolute atomic E-state index is 15.3. The smallest absolute Gasteiger partial charge is 0.243 e. The molecule has 2 saturated heterocycles. The third-order valence-electron chi connectivity index (χ3n) is 8.46. The van der Waals surface area contributed by atoms with Gasteiger partial charge >= 0.3 is 0 Å². The Morgan fingerprint density at radius 3 is 2.66 bits per heavy atom. The van der Waals surface area contributed by atoms with Crippen LogP contribution in [0.3, 0.4) is 0 Å². The van der Waals surface area contributed by atoms with E-state index in [9.17, 15) is 14.0 Å². The van der Waals surface area contributed by atoms with E-state index in [1.54, 1.807) is 28.6 Å². The lowest BCUT2D eigenvalue weighted by Crippen LogP contribution is -2.47. The van der Waals surface area contributed by atoms with Gasteiger partial charge in [0.2, 0.25) is 11.8 Å². The van der Waals surface area contributed by atoms with Crippen LogP contribution in [0, 0.1) is 29.5 Å². The van der Waals surface area contributed by atoms with Gasteiger partial charge in [-0.05, 0) is 36.3 Å². The number of rotatable bonds is 6. The molecule has 2 fully saturated rings. The van der Waals surface area contributed by atoms with Crippen molar-refractivity contribution in [2.45, 2.75) is 31.4 Å². The summed E-state index contributed by atoms with van der Waals surface area (Å²) in [7, 11) is 0. The predicted molar refractivity (Wildman–Crippen MR) is 152 cm³/mol. The standard InChI is InChI=1S/C30H30F2N6O2S/c1-2-29(9-13-37(19-29)18-25(39)38-14-10-30(32,11-15-38)28-33-12-16-41-28)27(40)34-22-7-8-24-23(17-22)26(36-35-24)20-3-5-21(31)6-4-20/h1,3-8,12,16,23,35H,9-11,13-15,17-19H2,(H,34,40). The molecule has 2 unspecified atom stereocenters. The van der Waals surface area contributed by atoms with Gasteiger partial charge < -0.3 is 10.2 Å². The average Bonchev–Trinajstić information content (AvgIpc) is 3.75. The van der Waals surface area contributed by atoms with Gasteiger partial charge in [-0.15, -0.1) is 17.8 Å². The van der Waals surface area contributed by atoms with Crippen molar-refractivity contribution >= 4 is 28.9 Å². The highest BCUT2D eigenvalue weighted by Crippen LogP contribution is 2.38. The van der Waals surface area contributed by atoms with E-state index in [1.807, 2.05) is 17.1 Å². The van der Waals surface area contributed by atoms with Crippen LogP contribution in [-0.2, 0) is 15.3 Å². The number of thiazole rings is 1. The molecule has 2 atom stereocenters. The number of carbonyl (C=O) groups is 2. The Bertz CT molecular complexity index is 1470. The minimum absolute atomic E-state index is 0.0894. The van der Waals surface area contributed by atoms with E-state index in [2.05, 4.69) is 26.7 Å². The second-order valence-corrected chi connectivity index (χ2v) is 11.9. The lowest BCUT2D eigenvalue weighted by Gasteiger charge is -2.36. The summed E-state index contributed by atoms with van der Waals surface area (Å²) in [5.74, 6) is 1.94. The van der Waals surface area contributed by atoms with Gasteiger partial charge in [-0.1, -0.05) is 18.1 Å². The molecule has 2 N–H and O–H groups in total. The first kappa shape index (κ1) is 27.3. The van der Waals surface area contributed by atoms with Crippen LogP contribution < -0.4 is 10.7 Å². The molecule has 0 radical (unpaired) electrons. The fourth-order valence-electron chi connectivity index (χ4n) is 5.96. The molecular formula is C30H30F2N6O2S. The van der Waals surface area contributed by atoms with E-state index in [1.165, 1.54) is 23.5 Å². The fourth-order valence-corrected chi connectivity index (χ4v) is 6.75. The molecule has 1 aliphatic carbocycles. The second-order valence-electron chi connectivity index (χ2n) is 11.0. The van der Waals surface area contributed by atoms with Crippen molar-refractivity contribution in [2.75, 3.05) is 32.7 Å². The monoisotopic (exact) mass is 576 g/mol. The van der Waals surface area contributed by atoms with Crippen molar-refractivity contribution < 1.29 is 18.4 Å². The summed E-state index contributed by atoms with van der Waals surface area (Å²) in [4.78, 5) is 34.3. The van der Waals surface area contributed by atoms with E-state index >= 15 is 4.39 Å². The van der Waals surface area contributed by atoms with Gasteiger partial charge in [0.05, 0.1) is 18.2 Å². The van der Waals surface area contributed by atoms with E-state index in [4.69, 9.17) is 6.42 Å². The lowest BCUT2D eigenvalue weighted by atomic mass is 9.85. The first-order valence-electron chi connectivity index (χ1n) is 13.7. The first-order chi connectivity index (χ1) is 19.8. The average molecular weight is 577 g/mol. The summed E-state index contributed by atoms with van der Waals surface area (Å²) >= 11 is 1.30. The summed E-state index contributed by atoms with van der Waals surface area (Å²) in [6, 6.07) is 6.18. The van der Waals surface area contributed by atoms with Crippen LogP contribution in [0.4, 0.5) is 8.78 Å². The third kappa shape index (κ3) is 5.29. The zero-order valence-electron chi connectivity index (χ0n) is 22.4. The molecule has 1 aromatic heterocycles. The minimum atomic E-state index is -1.49. The number of benzene rings is 1. The summed E-state index contributed by atoms with van der Waals surface area (Å²) in [6.45, 7) is 1.56. The molecule has 2 amide bonds. The Balaban J connectivity index is 1.04. The fraction of sp³-hybridized carbons (Fsp3) is 0.400. The highest BCUT2D eigenvalue weighted by Gasteiger charge is 2.45. The number of amides is 2. The Kier molecular flexibility index (Phi) is 7.21. The molecule has 212 valence electrons. The van der Waals surface area contributed by atoms with Crippen LogP contribution in [0.1, 0.15) is 36.3 Å². The van der Waals surface area contributed by atoms with Gasteiger partial charge in [-0.25, -0.2) is 13.8 Å². The van der Waals surface area contributed by atoms with Crippen LogP contribution in [-0.4, -0.2) is 65.0 Å². The zero-order valence-corrected chi connectivity index (χ0v) is 23.2. The Morgan fingerprint density at radius 2 is 1.95 bits per heavy atom. The maximum atomic E-state index is 15.3. The van der Waals surface area contributed by atoms with E-state index in [-0.39, 0.29) is 49.5 Å². The predicted octanol–water partition coefficient (Wildman–Crippen LogP) is 3.31. The molecular weight excluding hydrogens is 546 g/mol. The number of nitrogens with one attached hydrogen (secondary N) is 2. The number of hydrazone groups is 1. The number of nitrogens with zero attached hydrogens (tertiary/aromatic N) is 4. The van der Waals surface area contributed by atoms with Crippen molar-refractivity contribution in [3.8, 4) is 12.3 Å². The van der Waals surface area contributed by atoms with E-state index in [0.29, 0.717) is 37.5 Å². The third-order valence-corrected chi connectivity index (χ3v) is 9.41. The molecule has 11 heteroatoms. The molecule has 1 aromatic carbocycles. The number of fused-ring (bicyclic) bond motifs is 1. The van der Waals surface area contributed by atoms with Crippen molar-refractivity contribution in [2.24, 2.45) is 16.4 Å². The number of carbonyl (C=O) groups excluding carboxylic acids is 2. The molecule has 4 aliphatic rings. The Labute approximate surface area is 241 Å². The molecule has 0 saturated carbocycles. The zero-order chi connectivity index (χ0) is 28.6. The van der Waals surface area contributed by atoms with Crippen molar-refractivity contribution in [1.29, 1.82) is 0 Å². The minimum Gasteiger partial charge on any atom is -0.341 e. The SMILES string of the molecule is C#CC1(C(=O)NC2=CC=C3NN=C(c4ccc(F)cc4)C3C2)CCN(CC(=O)N2CCC(F)(c3nccs3)CC2)C1. The van der Waals surface area contributed by atoms with Crippen molar-refractivity contribution in [1.82, 2.24) is 25.5 Å². The van der Waals surface area contributed by atoms with Gasteiger partial charge in [0.1, 0.15) is 16.2 Å². The van der Waals surface area contributed by atoms with Gasteiger partial charge in [0.15, 0.2) is 5.67 Å². The second kappa shape index (κ2) is 10.8. The highest BCUT2D eigenvalue weighted by molar-refractivity contribution is 7.09. The summed E-state index contributed by atoms with van der Waals surface area (Å²) in [5.41, 5.74) is 3.70. The van der Waals surface area contributed by atoms with Gasteiger partial charge in [0, 0.05) is 68.4 Å². The normalized spacial score (nSPS) is 25.3. The molecule has 4 heterocycles. The largest absolute Gasteiger partial charge is 0.341 e. The summed E-state index contributed by atoms with van der Waals surface area (Å²) < 4.78 is 28.7. The quantitative estimate of drug-likeness (QED) is 0.516. The molecule has 8 nitrogen and oxygen atoms in total. The van der Waals surface area contributed by atoms with Crippen LogP contribution >= 0.6 is 11.3 Å². The number of likely N-dealkylation sites (tertiary alicyclic amines) is 2. The highest BCUT2D eigenvalue weighted by atomic mass is 32.1. The van der Waals surface area contributed by atoms with Crippen molar-refractivity contribution in [3.05, 3.63) is 75.8 Å². The molecule has 0 bridgehead atoms. The molecule has 2 aromatic rings. The van der Waals surface area contributed by atoms with Gasteiger partial charge in [0.25, 0.3) is 0 Å². The molecule has 0 spiro atoms. The number of hydrogen-bond acceptors (Lipinski definition) is 7. The van der Waals surface area contributed by atoms with Gasteiger partial charge in [-0.3, -0.25) is 19.9 Å². The van der Waals surface area contributed by atoms with Crippen LogP contribution in [0.15, 0.2) is 64.5 Å².